The summed E-state index contributed by atoms with van der Waals surface area (Å²) in [5, 5.41) is 2.86. The van der Waals surface area contributed by atoms with Gasteiger partial charge in [-0.25, -0.2) is 8.42 Å². The van der Waals surface area contributed by atoms with Gasteiger partial charge in [0.25, 0.3) is 0 Å². The van der Waals surface area contributed by atoms with E-state index in [1.54, 1.807) is 17.0 Å². The molecule has 3 unspecified atom stereocenters. The number of amides is 2. The molecule has 3 atom stereocenters. The maximum atomic E-state index is 13.5. The number of fused-ring (bicyclic) bond motifs is 1. The zero-order valence-corrected chi connectivity index (χ0v) is 18.8. The van der Waals surface area contributed by atoms with E-state index in [9.17, 15) is 18.0 Å². The Morgan fingerprint density at radius 2 is 1.90 bits per heavy atom. The number of piperazine rings is 1. The highest BCUT2D eigenvalue weighted by molar-refractivity contribution is 7.89. The van der Waals surface area contributed by atoms with Crippen molar-refractivity contribution in [3.05, 3.63) is 24.3 Å². The molecule has 2 amide bonds. The van der Waals surface area contributed by atoms with Gasteiger partial charge < -0.3 is 15.0 Å². The molecule has 1 aromatic rings. The third-order valence-electron chi connectivity index (χ3n) is 5.56. The van der Waals surface area contributed by atoms with Crippen molar-refractivity contribution in [2.45, 2.75) is 63.6 Å². The van der Waals surface area contributed by atoms with Gasteiger partial charge >= 0.3 is 0 Å². The molecule has 9 heteroatoms. The van der Waals surface area contributed by atoms with E-state index in [0.717, 1.165) is 0 Å². The Bertz CT molecular complexity index is 884. The predicted octanol–water partition coefficient (Wildman–Crippen LogP) is 1.61. The highest BCUT2D eigenvalue weighted by Gasteiger charge is 2.49. The molecule has 3 rings (SSSR count). The Morgan fingerprint density at radius 1 is 1.23 bits per heavy atom. The smallest absolute Gasteiger partial charge is 0.243 e. The zero-order chi connectivity index (χ0) is 22.1. The third kappa shape index (κ3) is 4.62. The highest BCUT2D eigenvalue weighted by atomic mass is 32.2. The standard InChI is InChI=1S/C21H31N3O5S/c1-5-29-18-6-8-19(9-7-18)30(27,28)24-13-17-11-16(22-15(4)25)12-23(17)21(26)20(24)10-14(2)3/h6-9,14,16-17,20H,5,10-13H2,1-4H3,(H,22,25). The van der Waals surface area contributed by atoms with Gasteiger partial charge in [-0.05, 0) is 49.9 Å². The number of carbonyl (C=O) groups is 2. The predicted molar refractivity (Wildman–Crippen MR) is 112 cm³/mol. The second-order valence-corrected chi connectivity index (χ2v) is 10.3. The Kier molecular flexibility index (Phi) is 6.71. The molecule has 0 bridgehead atoms. The van der Waals surface area contributed by atoms with Gasteiger partial charge in [0.15, 0.2) is 0 Å². The van der Waals surface area contributed by atoms with Crippen LogP contribution < -0.4 is 10.1 Å². The summed E-state index contributed by atoms with van der Waals surface area (Å²) in [7, 11) is -3.86. The number of carbonyl (C=O) groups excluding carboxylic acids is 2. The Labute approximate surface area is 178 Å². The van der Waals surface area contributed by atoms with E-state index in [2.05, 4.69) is 5.32 Å². The molecule has 8 nitrogen and oxygen atoms in total. The van der Waals surface area contributed by atoms with Gasteiger partial charge in [-0.15, -0.1) is 0 Å². The van der Waals surface area contributed by atoms with E-state index < -0.39 is 16.1 Å². The van der Waals surface area contributed by atoms with Crippen LogP contribution in [0.4, 0.5) is 0 Å². The first-order valence-electron chi connectivity index (χ1n) is 10.5. The Morgan fingerprint density at radius 3 is 2.47 bits per heavy atom. The van der Waals surface area contributed by atoms with Crippen LogP contribution in [-0.4, -0.2) is 67.3 Å². The van der Waals surface area contributed by atoms with Gasteiger partial charge in [-0.2, -0.15) is 4.31 Å². The van der Waals surface area contributed by atoms with Gasteiger partial charge in [0.1, 0.15) is 11.8 Å². The van der Waals surface area contributed by atoms with Crippen LogP contribution in [0.5, 0.6) is 5.75 Å². The van der Waals surface area contributed by atoms with Gasteiger partial charge in [0, 0.05) is 32.1 Å². The second-order valence-electron chi connectivity index (χ2n) is 8.40. The number of ether oxygens (including phenoxy) is 1. The summed E-state index contributed by atoms with van der Waals surface area (Å²) in [4.78, 5) is 26.6. The molecule has 0 spiro atoms. The van der Waals surface area contributed by atoms with Crippen LogP contribution in [0.2, 0.25) is 0 Å². The van der Waals surface area contributed by atoms with Crippen molar-refractivity contribution in [1.29, 1.82) is 0 Å². The fourth-order valence-corrected chi connectivity index (χ4v) is 5.97. The van der Waals surface area contributed by atoms with Crippen molar-refractivity contribution in [3.8, 4) is 5.75 Å². The Hall–Kier alpha value is -2.13. The minimum absolute atomic E-state index is 0.148. The zero-order valence-electron chi connectivity index (χ0n) is 18.0. The number of sulfonamides is 1. The first-order chi connectivity index (χ1) is 14.1. The number of hydrogen-bond donors (Lipinski definition) is 1. The average molecular weight is 438 g/mol. The van der Waals surface area contributed by atoms with Crippen LogP contribution in [0.25, 0.3) is 0 Å². The summed E-state index contributed by atoms with van der Waals surface area (Å²) in [6, 6.07) is 5.19. The lowest BCUT2D eigenvalue weighted by atomic mass is 9.99. The molecule has 166 valence electrons. The quantitative estimate of drug-likeness (QED) is 0.699. The molecule has 2 heterocycles. The van der Waals surface area contributed by atoms with Crippen LogP contribution >= 0.6 is 0 Å². The van der Waals surface area contributed by atoms with Crippen LogP contribution in [0.15, 0.2) is 29.2 Å². The van der Waals surface area contributed by atoms with Crippen molar-refractivity contribution in [1.82, 2.24) is 14.5 Å². The van der Waals surface area contributed by atoms with Crippen LogP contribution in [0.3, 0.4) is 0 Å². The van der Waals surface area contributed by atoms with Crippen LogP contribution in [-0.2, 0) is 19.6 Å². The first-order valence-corrected chi connectivity index (χ1v) is 11.9. The fraction of sp³-hybridized carbons (Fsp3) is 0.619. The Balaban J connectivity index is 1.90. The lowest BCUT2D eigenvalue weighted by molar-refractivity contribution is -0.141. The second kappa shape index (κ2) is 8.93. The molecular formula is C21H31N3O5S. The summed E-state index contributed by atoms with van der Waals surface area (Å²) in [6.07, 6.45) is 0.998. The van der Waals surface area contributed by atoms with E-state index in [1.165, 1.54) is 23.4 Å². The van der Waals surface area contributed by atoms with E-state index in [0.29, 0.717) is 31.7 Å². The minimum atomic E-state index is -3.86. The van der Waals surface area contributed by atoms with Crippen molar-refractivity contribution in [2.24, 2.45) is 5.92 Å². The summed E-state index contributed by atoms with van der Waals surface area (Å²) in [6.45, 7) is 8.42. The van der Waals surface area contributed by atoms with Gasteiger partial charge in [-0.3, -0.25) is 9.59 Å². The van der Waals surface area contributed by atoms with Crippen LogP contribution in [0, 0.1) is 5.92 Å². The monoisotopic (exact) mass is 437 g/mol. The van der Waals surface area contributed by atoms with Crippen molar-refractivity contribution < 1.29 is 22.7 Å². The molecule has 2 aliphatic heterocycles. The molecule has 0 saturated carbocycles. The molecule has 0 aliphatic carbocycles. The number of rotatable bonds is 7. The molecule has 30 heavy (non-hydrogen) atoms. The van der Waals surface area contributed by atoms with E-state index >= 15 is 0 Å². The van der Waals surface area contributed by atoms with E-state index in [1.807, 2.05) is 20.8 Å². The molecule has 1 aromatic carbocycles. The number of hydrogen-bond acceptors (Lipinski definition) is 5. The molecular weight excluding hydrogens is 406 g/mol. The van der Waals surface area contributed by atoms with Crippen molar-refractivity contribution in [3.63, 3.8) is 0 Å². The molecule has 2 saturated heterocycles. The average Bonchev–Trinajstić information content (AvgIpc) is 3.06. The maximum absolute atomic E-state index is 13.5. The molecule has 2 fully saturated rings. The van der Waals surface area contributed by atoms with Gasteiger partial charge in [0.2, 0.25) is 21.8 Å². The molecule has 1 N–H and O–H groups in total. The van der Waals surface area contributed by atoms with Crippen molar-refractivity contribution in [2.75, 3.05) is 19.7 Å². The van der Waals surface area contributed by atoms with Gasteiger partial charge in [-0.1, -0.05) is 13.8 Å². The normalized spacial score (nSPS) is 24.8. The van der Waals surface area contributed by atoms with E-state index in [4.69, 9.17) is 4.74 Å². The summed E-state index contributed by atoms with van der Waals surface area (Å²) in [5.74, 6) is 0.430. The summed E-state index contributed by atoms with van der Waals surface area (Å²) in [5.41, 5.74) is 0. The third-order valence-corrected chi connectivity index (χ3v) is 7.45. The summed E-state index contributed by atoms with van der Waals surface area (Å²) < 4.78 is 33.7. The number of benzene rings is 1. The topological polar surface area (TPSA) is 96.0 Å². The van der Waals surface area contributed by atoms with E-state index in [-0.39, 0.29) is 41.3 Å². The van der Waals surface area contributed by atoms with Crippen LogP contribution in [0.1, 0.15) is 40.5 Å². The lowest BCUT2D eigenvalue weighted by Crippen LogP contribution is -2.61. The lowest BCUT2D eigenvalue weighted by Gasteiger charge is -2.42. The van der Waals surface area contributed by atoms with Crippen molar-refractivity contribution >= 4 is 21.8 Å². The highest BCUT2D eigenvalue weighted by Crippen LogP contribution is 2.33. The first kappa shape index (κ1) is 22.6. The number of nitrogens with one attached hydrogen (secondary N) is 1. The molecule has 2 aliphatic rings. The maximum Gasteiger partial charge on any atom is 0.243 e. The SMILES string of the molecule is CCOc1ccc(S(=O)(=O)N2CC3CC(NC(C)=O)CN3C(=O)C2CC(C)C)cc1. The molecule has 0 aromatic heterocycles. The summed E-state index contributed by atoms with van der Waals surface area (Å²) >= 11 is 0. The number of nitrogens with zero attached hydrogens (tertiary/aromatic N) is 2. The largest absolute Gasteiger partial charge is 0.494 e. The van der Waals surface area contributed by atoms with Gasteiger partial charge in [0.05, 0.1) is 11.5 Å². The minimum Gasteiger partial charge on any atom is -0.494 e. The fourth-order valence-electron chi connectivity index (χ4n) is 4.34. The molecule has 0 radical (unpaired) electrons.